The number of esters is 1. The van der Waals surface area contributed by atoms with E-state index in [0.29, 0.717) is 13.2 Å². The van der Waals surface area contributed by atoms with Crippen molar-refractivity contribution in [2.75, 3.05) is 26.4 Å². The predicted octanol–water partition coefficient (Wildman–Crippen LogP) is 4.29. The average Bonchev–Trinajstić information content (AvgIpc) is 2.63. The molecule has 1 aromatic carbocycles. The lowest BCUT2D eigenvalue weighted by molar-refractivity contribution is -0.136. The van der Waals surface area contributed by atoms with Crippen molar-refractivity contribution in [3.8, 4) is 5.75 Å². The molecule has 0 unspecified atom stereocenters. The Morgan fingerprint density at radius 3 is 1.85 bits per heavy atom. The first kappa shape index (κ1) is 22.3. The van der Waals surface area contributed by atoms with Gasteiger partial charge in [0, 0.05) is 6.61 Å². The third kappa shape index (κ3) is 6.87. The minimum Gasteiger partial charge on any atom is -0.420 e. The van der Waals surface area contributed by atoms with Crippen LogP contribution in [0.2, 0.25) is 0 Å². The summed E-state index contributed by atoms with van der Waals surface area (Å²) in [4.78, 5) is 11.5. The van der Waals surface area contributed by atoms with E-state index >= 15 is 0 Å². The van der Waals surface area contributed by atoms with E-state index in [1.807, 2.05) is 0 Å². The zero-order valence-corrected chi connectivity index (χ0v) is 14.4. The number of carbonyl (C=O) groups excluding carboxylic acids is 1. The molecule has 0 aliphatic carbocycles. The van der Waals surface area contributed by atoms with Gasteiger partial charge in [-0.2, -0.15) is 8.78 Å². The summed E-state index contributed by atoms with van der Waals surface area (Å²) < 4.78 is 80.2. The molecule has 0 fully saturated rings. The maximum Gasteiger partial charge on any atom is 0.313 e. The minimum atomic E-state index is -2.32. The third-order valence-electron chi connectivity index (χ3n) is 3.35. The van der Waals surface area contributed by atoms with Gasteiger partial charge >= 0.3 is 5.97 Å². The summed E-state index contributed by atoms with van der Waals surface area (Å²) in [5, 5.41) is 0. The SMILES string of the molecule is CCCCCCOCCOCCC(=O)Oc1c(F)c(F)c(F)c(F)c1F. The van der Waals surface area contributed by atoms with Gasteiger partial charge in [-0.25, -0.2) is 13.2 Å². The second kappa shape index (κ2) is 11.8. The van der Waals surface area contributed by atoms with Crippen LogP contribution in [0.5, 0.6) is 5.75 Å². The van der Waals surface area contributed by atoms with Crippen LogP contribution in [0, 0.1) is 29.1 Å². The van der Waals surface area contributed by atoms with Crippen molar-refractivity contribution in [3.63, 3.8) is 0 Å². The van der Waals surface area contributed by atoms with Crippen LogP contribution in [-0.2, 0) is 14.3 Å². The van der Waals surface area contributed by atoms with Crippen LogP contribution < -0.4 is 4.74 Å². The van der Waals surface area contributed by atoms with Crippen molar-refractivity contribution < 1.29 is 41.0 Å². The zero-order valence-electron chi connectivity index (χ0n) is 14.4. The Morgan fingerprint density at radius 2 is 1.27 bits per heavy atom. The number of rotatable bonds is 12. The van der Waals surface area contributed by atoms with Crippen molar-refractivity contribution in [1.29, 1.82) is 0 Å². The fraction of sp³-hybridized carbons (Fsp3) is 0.588. The molecule has 0 atom stereocenters. The van der Waals surface area contributed by atoms with Gasteiger partial charge in [-0.3, -0.25) is 4.79 Å². The van der Waals surface area contributed by atoms with Gasteiger partial charge in [0.25, 0.3) is 0 Å². The Labute approximate surface area is 148 Å². The second-order valence-electron chi connectivity index (χ2n) is 5.41. The normalized spacial score (nSPS) is 11.0. The van der Waals surface area contributed by atoms with E-state index in [-0.39, 0.29) is 13.2 Å². The highest BCUT2D eigenvalue weighted by Gasteiger charge is 2.28. The minimum absolute atomic E-state index is 0.145. The fourth-order valence-electron chi connectivity index (χ4n) is 1.95. The van der Waals surface area contributed by atoms with Gasteiger partial charge in [0.1, 0.15) is 0 Å². The van der Waals surface area contributed by atoms with Gasteiger partial charge in [0.2, 0.25) is 34.8 Å². The highest BCUT2D eigenvalue weighted by Crippen LogP contribution is 2.29. The monoisotopic (exact) mass is 384 g/mol. The number of benzene rings is 1. The van der Waals surface area contributed by atoms with E-state index in [2.05, 4.69) is 11.7 Å². The number of halogens is 5. The van der Waals surface area contributed by atoms with Crippen LogP contribution in [0.25, 0.3) is 0 Å². The highest BCUT2D eigenvalue weighted by molar-refractivity contribution is 5.72. The lowest BCUT2D eigenvalue weighted by Gasteiger charge is -2.09. The lowest BCUT2D eigenvalue weighted by atomic mass is 10.2. The highest BCUT2D eigenvalue weighted by atomic mass is 19.2. The second-order valence-corrected chi connectivity index (χ2v) is 5.41. The zero-order chi connectivity index (χ0) is 19.5. The lowest BCUT2D eigenvalue weighted by Crippen LogP contribution is -2.16. The molecule has 1 rings (SSSR count). The Kier molecular flexibility index (Phi) is 10.1. The molecular weight excluding hydrogens is 363 g/mol. The van der Waals surface area contributed by atoms with Gasteiger partial charge in [0.05, 0.1) is 26.2 Å². The third-order valence-corrected chi connectivity index (χ3v) is 3.35. The largest absolute Gasteiger partial charge is 0.420 e. The summed E-state index contributed by atoms with van der Waals surface area (Å²) >= 11 is 0. The number of ether oxygens (including phenoxy) is 3. The van der Waals surface area contributed by atoms with E-state index in [4.69, 9.17) is 9.47 Å². The summed E-state index contributed by atoms with van der Waals surface area (Å²) in [7, 11) is 0. The number of hydrogen-bond acceptors (Lipinski definition) is 4. The van der Waals surface area contributed by atoms with Crippen LogP contribution in [0.15, 0.2) is 0 Å². The molecule has 4 nitrogen and oxygen atoms in total. The number of unbranched alkanes of at least 4 members (excludes halogenated alkanes) is 3. The number of hydrogen-bond donors (Lipinski definition) is 0. The van der Waals surface area contributed by atoms with Crippen molar-refractivity contribution in [2.45, 2.75) is 39.0 Å². The molecule has 9 heteroatoms. The first-order valence-corrected chi connectivity index (χ1v) is 8.27. The average molecular weight is 384 g/mol. The van der Waals surface area contributed by atoms with Gasteiger partial charge in [-0.1, -0.05) is 26.2 Å². The van der Waals surface area contributed by atoms with Crippen molar-refractivity contribution >= 4 is 5.97 Å². The summed E-state index contributed by atoms with van der Waals surface area (Å²) in [6.45, 7) is 3.08. The smallest absolute Gasteiger partial charge is 0.313 e. The first-order valence-electron chi connectivity index (χ1n) is 8.27. The Hall–Kier alpha value is -1.74. The Balaban J connectivity index is 2.28. The van der Waals surface area contributed by atoms with E-state index in [9.17, 15) is 26.7 Å². The Morgan fingerprint density at radius 1 is 0.731 bits per heavy atom. The maximum absolute atomic E-state index is 13.4. The molecule has 1 aromatic rings. The molecule has 0 aliphatic heterocycles. The summed E-state index contributed by atoms with van der Waals surface area (Å²) in [5.41, 5.74) is 0. The van der Waals surface area contributed by atoms with Gasteiger partial charge < -0.3 is 14.2 Å². The molecule has 0 aromatic heterocycles. The summed E-state index contributed by atoms with van der Waals surface area (Å²) in [6.07, 6.45) is 3.88. The van der Waals surface area contributed by atoms with Gasteiger partial charge in [0.15, 0.2) is 0 Å². The van der Waals surface area contributed by atoms with Gasteiger partial charge in [-0.05, 0) is 6.42 Å². The van der Waals surface area contributed by atoms with Gasteiger partial charge in [-0.15, -0.1) is 0 Å². The molecule has 0 saturated carbocycles. The fourth-order valence-corrected chi connectivity index (χ4v) is 1.95. The molecule has 0 amide bonds. The summed E-state index contributed by atoms with van der Waals surface area (Å²) in [5.74, 6) is -13.9. The molecule has 0 spiro atoms. The van der Waals surface area contributed by atoms with E-state index in [0.717, 1.165) is 25.7 Å². The first-order chi connectivity index (χ1) is 12.4. The van der Waals surface area contributed by atoms with Crippen LogP contribution in [0.4, 0.5) is 22.0 Å². The van der Waals surface area contributed by atoms with E-state index in [1.165, 1.54) is 0 Å². The van der Waals surface area contributed by atoms with Crippen LogP contribution >= 0.6 is 0 Å². The van der Waals surface area contributed by atoms with E-state index in [1.54, 1.807) is 0 Å². The van der Waals surface area contributed by atoms with Crippen molar-refractivity contribution in [2.24, 2.45) is 0 Å². The maximum atomic E-state index is 13.4. The standard InChI is InChI=1S/C17H21F5O4/c1-2-3-4-5-7-24-9-10-25-8-6-11(23)26-17-15(21)13(19)12(18)14(20)16(17)22/h2-10H2,1H3. The molecule has 0 N–H and O–H groups in total. The topological polar surface area (TPSA) is 44.8 Å². The molecule has 26 heavy (non-hydrogen) atoms. The van der Waals surface area contributed by atoms with Crippen molar-refractivity contribution in [1.82, 2.24) is 0 Å². The molecule has 0 heterocycles. The summed E-state index contributed by atoms with van der Waals surface area (Å²) in [6, 6.07) is 0. The van der Waals surface area contributed by atoms with Crippen molar-refractivity contribution in [3.05, 3.63) is 29.1 Å². The quantitative estimate of drug-likeness (QED) is 0.135. The Bertz CT molecular complexity index is 566. The number of carbonyl (C=O) groups is 1. The van der Waals surface area contributed by atoms with Crippen LogP contribution in [-0.4, -0.2) is 32.4 Å². The predicted molar refractivity (Wildman–Crippen MR) is 82.3 cm³/mol. The molecule has 0 aliphatic rings. The van der Waals surface area contributed by atoms with Crippen LogP contribution in [0.3, 0.4) is 0 Å². The molecule has 0 bridgehead atoms. The molecule has 0 saturated heterocycles. The van der Waals surface area contributed by atoms with Crippen LogP contribution in [0.1, 0.15) is 39.0 Å². The molecule has 148 valence electrons. The molecular formula is C17H21F5O4. The van der Waals surface area contributed by atoms with E-state index < -0.39 is 47.2 Å². The molecule has 0 radical (unpaired) electrons.